The molecule has 2 fully saturated rings. The van der Waals surface area contributed by atoms with Crippen LogP contribution in [0.15, 0.2) is 24.3 Å². The molecule has 0 aliphatic heterocycles. The number of hydrogen-bond donors (Lipinski definition) is 3. The van der Waals surface area contributed by atoms with Crippen LogP contribution in [0.1, 0.15) is 25.7 Å². The molecule has 6 heteroatoms. The number of nitrogens with one attached hydrogen (secondary N) is 3. The monoisotopic (exact) mass is 307 g/mol. The van der Waals surface area contributed by atoms with E-state index in [1.807, 2.05) is 0 Å². The van der Waals surface area contributed by atoms with Crippen LogP contribution in [0.25, 0.3) is 0 Å². The smallest absolute Gasteiger partial charge is 0.242 e. The molecule has 21 heavy (non-hydrogen) atoms. The zero-order valence-electron chi connectivity index (χ0n) is 11.6. The van der Waals surface area contributed by atoms with Gasteiger partial charge in [0.2, 0.25) is 5.91 Å². The van der Waals surface area contributed by atoms with E-state index in [0.717, 1.165) is 0 Å². The number of hydrazine groups is 1. The predicted molar refractivity (Wildman–Crippen MR) is 82.8 cm³/mol. The lowest BCUT2D eigenvalue weighted by Crippen LogP contribution is -2.44. The van der Waals surface area contributed by atoms with Crippen LogP contribution in [0.4, 0.5) is 10.1 Å². The van der Waals surface area contributed by atoms with Crippen molar-refractivity contribution in [3.8, 4) is 0 Å². The van der Waals surface area contributed by atoms with Crippen molar-refractivity contribution in [2.24, 2.45) is 17.8 Å². The normalized spacial score (nSPS) is 26.4. The van der Waals surface area contributed by atoms with E-state index in [0.29, 0.717) is 22.6 Å². The van der Waals surface area contributed by atoms with Crippen LogP contribution in [0, 0.1) is 23.6 Å². The molecule has 1 amide bonds. The molecule has 1 aromatic carbocycles. The lowest BCUT2D eigenvalue weighted by atomic mass is 10.0. The van der Waals surface area contributed by atoms with Crippen molar-refractivity contribution in [1.82, 2.24) is 10.9 Å². The van der Waals surface area contributed by atoms with Crippen LogP contribution in [-0.4, -0.2) is 11.0 Å². The fourth-order valence-electron chi connectivity index (χ4n) is 3.28. The molecule has 2 aliphatic carbocycles. The van der Waals surface area contributed by atoms with E-state index in [4.69, 9.17) is 12.2 Å². The Bertz CT molecular complexity index is 536. The van der Waals surface area contributed by atoms with Gasteiger partial charge in [-0.2, -0.15) is 0 Å². The van der Waals surface area contributed by atoms with Gasteiger partial charge in [-0.15, -0.1) is 0 Å². The molecule has 3 atom stereocenters. The molecule has 112 valence electrons. The molecule has 3 N–H and O–H groups in total. The van der Waals surface area contributed by atoms with Gasteiger partial charge in [0.25, 0.3) is 0 Å². The highest BCUT2D eigenvalue weighted by Crippen LogP contribution is 2.55. The molecule has 0 heterocycles. The second-order valence-electron chi connectivity index (χ2n) is 5.71. The van der Waals surface area contributed by atoms with Gasteiger partial charge in [-0.25, -0.2) is 4.39 Å². The summed E-state index contributed by atoms with van der Waals surface area (Å²) in [4.78, 5) is 12.1. The average molecular weight is 307 g/mol. The third kappa shape index (κ3) is 3.32. The van der Waals surface area contributed by atoms with Crippen molar-refractivity contribution in [2.45, 2.75) is 25.7 Å². The Morgan fingerprint density at radius 2 is 1.71 bits per heavy atom. The molecule has 0 saturated heterocycles. The van der Waals surface area contributed by atoms with Crippen LogP contribution < -0.4 is 16.2 Å². The summed E-state index contributed by atoms with van der Waals surface area (Å²) in [6, 6.07) is 5.86. The van der Waals surface area contributed by atoms with Gasteiger partial charge in [0.05, 0.1) is 0 Å². The average Bonchev–Trinajstić information content (AvgIpc) is 3.22. The summed E-state index contributed by atoms with van der Waals surface area (Å²) in [6.07, 6.45) is 4.81. The van der Waals surface area contributed by atoms with E-state index in [-0.39, 0.29) is 17.6 Å². The van der Waals surface area contributed by atoms with Gasteiger partial charge in [-0.1, -0.05) is 12.8 Å². The number of fused-ring (bicyclic) bond motifs is 1. The number of anilines is 1. The minimum atomic E-state index is -0.302. The van der Waals surface area contributed by atoms with Crippen molar-refractivity contribution in [2.75, 3.05) is 5.32 Å². The zero-order chi connectivity index (χ0) is 14.8. The van der Waals surface area contributed by atoms with E-state index in [2.05, 4.69) is 16.2 Å². The first kappa shape index (κ1) is 14.3. The number of rotatable bonds is 2. The highest BCUT2D eigenvalue weighted by Gasteiger charge is 2.54. The largest absolute Gasteiger partial charge is 0.331 e. The summed E-state index contributed by atoms with van der Waals surface area (Å²) < 4.78 is 12.8. The zero-order valence-corrected chi connectivity index (χ0v) is 12.4. The van der Waals surface area contributed by atoms with Gasteiger partial charge in [0.1, 0.15) is 5.82 Å². The number of carbonyl (C=O) groups is 1. The minimum absolute atomic E-state index is 0.0233. The molecule has 0 bridgehead atoms. The van der Waals surface area contributed by atoms with Crippen molar-refractivity contribution in [1.29, 1.82) is 0 Å². The number of carbonyl (C=O) groups excluding carboxylic acids is 1. The predicted octanol–water partition coefficient (Wildman–Crippen LogP) is 2.58. The molecule has 0 aromatic heterocycles. The van der Waals surface area contributed by atoms with E-state index in [1.165, 1.54) is 37.8 Å². The van der Waals surface area contributed by atoms with Crippen LogP contribution in [0.5, 0.6) is 0 Å². The number of halogens is 1. The summed E-state index contributed by atoms with van der Waals surface area (Å²) in [5.41, 5.74) is 6.04. The third-order valence-corrected chi connectivity index (χ3v) is 4.56. The summed E-state index contributed by atoms with van der Waals surface area (Å²) >= 11 is 5.09. The standard InChI is InChI=1S/C15H18FN3OS/c16-9-5-7-10(8-6-9)17-15(21)19-18-14(20)13-11-3-1-2-4-12(11)13/h5-8,11-13H,1-4H2,(H,18,20)(H2,17,19,21)/t11-,12+,13?. The second-order valence-corrected chi connectivity index (χ2v) is 6.12. The first-order valence-corrected chi connectivity index (χ1v) is 7.68. The maximum atomic E-state index is 12.8. The van der Waals surface area contributed by atoms with Gasteiger partial charge in [0.15, 0.2) is 5.11 Å². The van der Waals surface area contributed by atoms with Crippen molar-refractivity contribution in [3.63, 3.8) is 0 Å². The molecule has 4 nitrogen and oxygen atoms in total. The molecular weight excluding hydrogens is 289 g/mol. The number of benzene rings is 1. The maximum Gasteiger partial charge on any atom is 0.242 e. The molecular formula is C15H18FN3OS. The second kappa shape index (κ2) is 5.97. The van der Waals surface area contributed by atoms with E-state index in [9.17, 15) is 9.18 Å². The maximum absolute atomic E-state index is 12.8. The fourth-order valence-corrected chi connectivity index (χ4v) is 3.45. The highest BCUT2D eigenvalue weighted by atomic mass is 32.1. The fraction of sp³-hybridized carbons (Fsp3) is 0.467. The quantitative estimate of drug-likeness (QED) is 0.581. The first-order valence-electron chi connectivity index (χ1n) is 7.27. The van der Waals surface area contributed by atoms with Crippen molar-refractivity contribution >= 4 is 28.9 Å². The summed E-state index contributed by atoms with van der Waals surface area (Å²) in [7, 11) is 0. The van der Waals surface area contributed by atoms with Crippen LogP contribution in [-0.2, 0) is 4.79 Å². The van der Waals surface area contributed by atoms with E-state index in [1.54, 1.807) is 12.1 Å². The molecule has 0 radical (unpaired) electrons. The van der Waals surface area contributed by atoms with Gasteiger partial charge in [-0.05, 0) is 61.2 Å². The SMILES string of the molecule is O=C(NNC(=S)Nc1ccc(F)cc1)C1[C@H]2CCCC[C@@H]12. The number of thiocarbonyl (C=S) groups is 1. The Hall–Kier alpha value is -1.69. The lowest BCUT2D eigenvalue weighted by molar-refractivity contribution is -0.123. The van der Waals surface area contributed by atoms with E-state index < -0.39 is 0 Å². The molecule has 1 unspecified atom stereocenters. The Balaban J connectivity index is 1.43. The Kier molecular flexibility index (Phi) is 4.05. The molecule has 2 aliphatic rings. The van der Waals surface area contributed by atoms with Gasteiger partial charge < -0.3 is 5.32 Å². The van der Waals surface area contributed by atoms with Gasteiger partial charge in [-0.3, -0.25) is 15.6 Å². The van der Waals surface area contributed by atoms with Crippen molar-refractivity contribution < 1.29 is 9.18 Å². The van der Waals surface area contributed by atoms with Crippen molar-refractivity contribution in [3.05, 3.63) is 30.1 Å². The van der Waals surface area contributed by atoms with Gasteiger partial charge in [0, 0.05) is 11.6 Å². The summed E-state index contributed by atoms with van der Waals surface area (Å²) in [6.45, 7) is 0. The molecule has 0 spiro atoms. The topological polar surface area (TPSA) is 53.2 Å². The summed E-state index contributed by atoms with van der Waals surface area (Å²) in [5.74, 6) is 1.01. The van der Waals surface area contributed by atoms with E-state index >= 15 is 0 Å². The van der Waals surface area contributed by atoms with Crippen LogP contribution >= 0.6 is 12.2 Å². The van der Waals surface area contributed by atoms with Crippen LogP contribution in [0.2, 0.25) is 0 Å². The Morgan fingerprint density at radius 1 is 1.10 bits per heavy atom. The lowest BCUT2D eigenvalue weighted by Gasteiger charge is -2.11. The number of hydrogen-bond acceptors (Lipinski definition) is 2. The molecule has 1 aromatic rings. The summed E-state index contributed by atoms with van der Waals surface area (Å²) in [5, 5.41) is 3.18. The highest BCUT2D eigenvalue weighted by molar-refractivity contribution is 7.80. The first-order chi connectivity index (χ1) is 10.1. The van der Waals surface area contributed by atoms with Gasteiger partial charge >= 0.3 is 0 Å². The third-order valence-electron chi connectivity index (χ3n) is 4.36. The van der Waals surface area contributed by atoms with Crippen LogP contribution in [0.3, 0.4) is 0 Å². The Morgan fingerprint density at radius 3 is 2.33 bits per heavy atom. The minimum Gasteiger partial charge on any atom is -0.331 e. The molecule has 2 saturated carbocycles. The number of amides is 1. The Labute approximate surface area is 128 Å². The molecule has 3 rings (SSSR count).